The SMILES string of the molecule is O=C(O)C1CCN(C(=O)CCC2CCOCC2)C1. The predicted molar refractivity (Wildman–Crippen MR) is 65.1 cm³/mol. The van der Waals surface area contributed by atoms with Crippen molar-refractivity contribution in [1.29, 1.82) is 0 Å². The van der Waals surface area contributed by atoms with Crippen LogP contribution in [0.25, 0.3) is 0 Å². The zero-order valence-electron chi connectivity index (χ0n) is 10.6. The molecule has 102 valence electrons. The minimum atomic E-state index is -0.783. The van der Waals surface area contributed by atoms with Gasteiger partial charge in [0.25, 0.3) is 0 Å². The summed E-state index contributed by atoms with van der Waals surface area (Å²) >= 11 is 0. The average molecular weight is 255 g/mol. The molecule has 0 aliphatic carbocycles. The quantitative estimate of drug-likeness (QED) is 0.817. The van der Waals surface area contributed by atoms with E-state index in [1.54, 1.807) is 4.90 Å². The van der Waals surface area contributed by atoms with Crippen molar-refractivity contribution >= 4 is 11.9 Å². The van der Waals surface area contributed by atoms with Gasteiger partial charge in [-0.3, -0.25) is 9.59 Å². The lowest BCUT2D eigenvalue weighted by molar-refractivity contribution is -0.141. The van der Waals surface area contributed by atoms with Gasteiger partial charge < -0.3 is 14.7 Å². The Morgan fingerprint density at radius 1 is 1.22 bits per heavy atom. The normalized spacial score (nSPS) is 25.3. The Bertz CT molecular complexity index is 312. The van der Waals surface area contributed by atoms with E-state index in [-0.39, 0.29) is 11.8 Å². The lowest BCUT2D eigenvalue weighted by atomic mass is 9.95. The van der Waals surface area contributed by atoms with E-state index in [0.717, 1.165) is 32.5 Å². The fourth-order valence-corrected chi connectivity index (χ4v) is 2.71. The van der Waals surface area contributed by atoms with E-state index in [2.05, 4.69) is 0 Å². The van der Waals surface area contributed by atoms with Crippen molar-refractivity contribution in [3.05, 3.63) is 0 Å². The first-order valence-corrected chi connectivity index (χ1v) is 6.75. The molecule has 0 aromatic rings. The molecule has 0 aromatic heterocycles. The second kappa shape index (κ2) is 6.18. The maximum atomic E-state index is 12.0. The van der Waals surface area contributed by atoms with Gasteiger partial charge in [0.2, 0.25) is 5.91 Å². The van der Waals surface area contributed by atoms with Gasteiger partial charge in [-0.15, -0.1) is 0 Å². The van der Waals surface area contributed by atoms with Crippen LogP contribution in [-0.2, 0) is 14.3 Å². The summed E-state index contributed by atoms with van der Waals surface area (Å²) in [5.41, 5.74) is 0. The Kier molecular flexibility index (Phi) is 4.58. The molecule has 2 fully saturated rings. The van der Waals surface area contributed by atoms with Crippen LogP contribution < -0.4 is 0 Å². The molecule has 5 heteroatoms. The second-order valence-electron chi connectivity index (χ2n) is 5.26. The molecule has 2 rings (SSSR count). The van der Waals surface area contributed by atoms with Crippen LogP contribution in [0.15, 0.2) is 0 Å². The van der Waals surface area contributed by atoms with E-state index in [4.69, 9.17) is 9.84 Å². The molecule has 18 heavy (non-hydrogen) atoms. The van der Waals surface area contributed by atoms with Gasteiger partial charge in [-0.05, 0) is 31.6 Å². The molecule has 1 unspecified atom stereocenters. The minimum absolute atomic E-state index is 0.116. The van der Waals surface area contributed by atoms with Crippen molar-refractivity contribution < 1.29 is 19.4 Å². The monoisotopic (exact) mass is 255 g/mol. The van der Waals surface area contributed by atoms with Gasteiger partial charge in [0.05, 0.1) is 5.92 Å². The van der Waals surface area contributed by atoms with Gasteiger partial charge in [-0.1, -0.05) is 0 Å². The molecule has 1 amide bonds. The molecule has 0 radical (unpaired) electrons. The largest absolute Gasteiger partial charge is 0.481 e. The van der Waals surface area contributed by atoms with Crippen LogP contribution in [0, 0.1) is 11.8 Å². The Labute approximate surface area is 107 Å². The number of hydrogen-bond donors (Lipinski definition) is 1. The molecule has 2 aliphatic rings. The van der Waals surface area contributed by atoms with Crippen LogP contribution in [0.2, 0.25) is 0 Å². The number of aliphatic carboxylic acids is 1. The first-order chi connectivity index (χ1) is 8.66. The van der Waals surface area contributed by atoms with Crippen molar-refractivity contribution in [1.82, 2.24) is 4.90 Å². The molecular weight excluding hydrogens is 234 g/mol. The van der Waals surface area contributed by atoms with E-state index in [9.17, 15) is 9.59 Å². The standard InChI is InChI=1S/C13H21NO4/c15-12(2-1-10-4-7-18-8-5-10)14-6-3-11(9-14)13(16)17/h10-11H,1-9H2,(H,16,17). The predicted octanol–water partition coefficient (Wildman–Crippen LogP) is 1.13. The van der Waals surface area contributed by atoms with Crippen LogP contribution in [0.1, 0.15) is 32.1 Å². The number of likely N-dealkylation sites (tertiary alicyclic amines) is 1. The molecule has 0 aromatic carbocycles. The van der Waals surface area contributed by atoms with Gasteiger partial charge in [0, 0.05) is 32.7 Å². The lowest BCUT2D eigenvalue weighted by Crippen LogP contribution is -2.30. The summed E-state index contributed by atoms with van der Waals surface area (Å²) in [6.45, 7) is 2.61. The highest BCUT2D eigenvalue weighted by molar-refractivity contribution is 5.78. The van der Waals surface area contributed by atoms with Crippen LogP contribution in [-0.4, -0.2) is 48.2 Å². The molecule has 1 atom stereocenters. The van der Waals surface area contributed by atoms with Gasteiger partial charge in [0.1, 0.15) is 0 Å². The summed E-state index contributed by atoms with van der Waals surface area (Å²) in [4.78, 5) is 24.5. The van der Waals surface area contributed by atoms with Gasteiger partial charge in [-0.2, -0.15) is 0 Å². The fraction of sp³-hybridized carbons (Fsp3) is 0.846. The number of carbonyl (C=O) groups excluding carboxylic acids is 1. The van der Waals surface area contributed by atoms with Crippen molar-refractivity contribution in [3.8, 4) is 0 Å². The Morgan fingerprint density at radius 2 is 1.94 bits per heavy atom. The van der Waals surface area contributed by atoms with Gasteiger partial charge in [-0.25, -0.2) is 0 Å². The Balaban J connectivity index is 1.70. The van der Waals surface area contributed by atoms with Gasteiger partial charge >= 0.3 is 5.97 Å². The van der Waals surface area contributed by atoms with E-state index in [0.29, 0.717) is 31.8 Å². The van der Waals surface area contributed by atoms with Crippen LogP contribution in [0.3, 0.4) is 0 Å². The number of amides is 1. The second-order valence-corrected chi connectivity index (χ2v) is 5.26. The molecule has 5 nitrogen and oxygen atoms in total. The summed E-state index contributed by atoms with van der Waals surface area (Å²) in [7, 11) is 0. The van der Waals surface area contributed by atoms with Crippen LogP contribution >= 0.6 is 0 Å². The number of hydrogen-bond acceptors (Lipinski definition) is 3. The van der Waals surface area contributed by atoms with E-state index in [1.807, 2.05) is 0 Å². The summed E-state index contributed by atoms with van der Waals surface area (Å²) in [5, 5.41) is 8.89. The number of rotatable bonds is 4. The zero-order chi connectivity index (χ0) is 13.0. The number of carboxylic acid groups (broad SMARTS) is 1. The highest BCUT2D eigenvalue weighted by Crippen LogP contribution is 2.22. The molecule has 1 N–H and O–H groups in total. The highest BCUT2D eigenvalue weighted by Gasteiger charge is 2.30. The van der Waals surface area contributed by atoms with E-state index >= 15 is 0 Å². The van der Waals surface area contributed by atoms with E-state index in [1.165, 1.54) is 0 Å². The smallest absolute Gasteiger partial charge is 0.308 e. The first kappa shape index (κ1) is 13.3. The molecule has 2 saturated heterocycles. The molecule has 0 bridgehead atoms. The summed E-state index contributed by atoms with van der Waals surface area (Å²) in [5.74, 6) is -0.433. The molecule has 0 spiro atoms. The molecular formula is C13H21NO4. The third kappa shape index (κ3) is 3.45. The Hall–Kier alpha value is -1.10. The van der Waals surface area contributed by atoms with Crippen molar-refractivity contribution in [2.75, 3.05) is 26.3 Å². The topological polar surface area (TPSA) is 66.8 Å². The fourth-order valence-electron chi connectivity index (χ4n) is 2.71. The zero-order valence-corrected chi connectivity index (χ0v) is 10.6. The maximum absolute atomic E-state index is 12.0. The number of nitrogens with zero attached hydrogens (tertiary/aromatic N) is 1. The van der Waals surface area contributed by atoms with E-state index < -0.39 is 5.97 Å². The lowest BCUT2D eigenvalue weighted by Gasteiger charge is -2.23. The molecule has 2 aliphatic heterocycles. The van der Waals surface area contributed by atoms with Crippen LogP contribution in [0.4, 0.5) is 0 Å². The molecule has 2 heterocycles. The number of ether oxygens (including phenoxy) is 1. The summed E-state index contributed by atoms with van der Waals surface area (Å²) in [6.07, 6.45) is 4.15. The van der Waals surface area contributed by atoms with Crippen molar-refractivity contribution in [2.24, 2.45) is 11.8 Å². The molecule has 0 saturated carbocycles. The third-order valence-corrected chi connectivity index (χ3v) is 4.00. The van der Waals surface area contributed by atoms with Crippen molar-refractivity contribution in [3.63, 3.8) is 0 Å². The first-order valence-electron chi connectivity index (χ1n) is 6.75. The highest BCUT2D eigenvalue weighted by atomic mass is 16.5. The third-order valence-electron chi connectivity index (χ3n) is 4.00. The summed E-state index contributed by atoms with van der Waals surface area (Å²) < 4.78 is 5.29. The number of carboxylic acids is 1. The number of carbonyl (C=O) groups is 2. The average Bonchev–Trinajstić information content (AvgIpc) is 2.87. The van der Waals surface area contributed by atoms with Crippen molar-refractivity contribution in [2.45, 2.75) is 32.1 Å². The Morgan fingerprint density at radius 3 is 2.56 bits per heavy atom. The maximum Gasteiger partial charge on any atom is 0.308 e. The summed E-state index contributed by atoms with van der Waals surface area (Å²) in [6, 6.07) is 0. The minimum Gasteiger partial charge on any atom is -0.481 e. The van der Waals surface area contributed by atoms with Crippen LogP contribution in [0.5, 0.6) is 0 Å². The van der Waals surface area contributed by atoms with Gasteiger partial charge in [0.15, 0.2) is 0 Å².